The van der Waals surface area contributed by atoms with E-state index in [1.54, 1.807) is 31.2 Å². The predicted octanol–water partition coefficient (Wildman–Crippen LogP) is 3.14. The van der Waals surface area contributed by atoms with E-state index in [1.165, 1.54) is 24.3 Å². The first kappa shape index (κ1) is 27.8. The molecule has 0 aliphatic rings. The lowest BCUT2D eigenvalue weighted by Crippen LogP contribution is -2.35. The molecule has 0 radical (unpaired) electrons. The van der Waals surface area contributed by atoms with Crippen LogP contribution in [-0.2, 0) is 10.0 Å². The molecule has 2 aromatic heterocycles. The molecule has 14 heteroatoms. The van der Waals surface area contributed by atoms with Gasteiger partial charge in [0, 0.05) is 32.9 Å². The molecule has 0 aliphatic carbocycles. The molecule has 0 saturated heterocycles. The van der Waals surface area contributed by atoms with Crippen LogP contribution in [0.25, 0.3) is 16.6 Å². The predicted molar refractivity (Wildman–Crippen MR) is 158 cm³/mol. The number of sulfonamides is 1. The summed E-state index contributed by atoms with van der Waals surface area (Å²) in [4.78, 5) is 44.1. The van der Waals surface area contributed by atoms with Gasteiger partial charge in [-0.2, -0.15) is 0 Å². The highest BCUT2D eigenvalue weighted by Gasteiger charge is 2.20. The highest BCUT2D eigenvalue weighted by Crippen LogP contribution is 2.22. The Balaban J connectivity index is 1.56. The maximum absolute atomic E-state index is 13.2. The number of carbonyl (C=O) groups is 1. The number of likely N-dealkylation sites (N-methyl/N-ethyl adjacent to an activating group) is 1. The molecule has 4 rings (SSSR count). The molecule has 4 N–H and O–H groups in total. The molecule has 2 heterocycles. The van der Waals surface area contributed by atoms with Crippen molar-refractivity contribution in [2.75, 3.05) is 37.8 Å². The van der Waals surface area contributed by atoms with Gasteiger partial charge < -0.3 is 20.5 Å². The van der Waals surface area contributed by atoms with Gasteiger partial charge in [0.15, 0.2) is 0 Å². The van der Waals surface area contributed by atoms with Crippen LogP contribution in [0.3, 0.4) is 0 Å². The SMILES string of the molecule is Cc1ccc(S(=O)(=O)NC(=O)Nc2ccc(-n3c(=O)[nH]c4cc(NCCN(C)C)ccc4c3=O)c(I)c2)s1. The number of amides is 2. The van der Waals surface area contributed by atoms with E-state index < -0.39 is 27.3 Å². The minimum atomic E-state index is -4.01. The van der Waals surface area contributed by atoms with Crippen LogP contribution in [0.1, 0.15) is 4.88 Å². The number of aryl methyl sites for hydroxylation is 1. The first-order chi connectivity index (χ1) is 17.9. The van der Waals surface area contributed by atoms with Crippen LogP contribution >= 0.6 is 33.9 Å². The first-order valence-corrected chi connectivity index (χ1v) is 14.7. The first-order valence-electron chi connectivity index (χ1n) is 11.3. The molecule has 0 aliphatic heterocycles. The fourth-order valence-corrected chi connectivity index (χ4v) is 6.57. The molecule has 4 aromatic rings. The summed E-state index contributed by atoms with van der Waals surface area (Å²) in [6.07, 6.45) is 0. The summed E-state index contributed by atoms with van der Waals surface area (Å²) in [5.41, 5.74) is 0.704. The normalized spacial score (nSPS) is 11.6. The number of thiophene rings is 1. The van der Waals surface area contributed by atoms with Crippen molar-refractivity contribution in [1.82, 2.24) is 19.2 Å². The highest BCUT2D eigenvalue weighted by molar-refractivity contribution is 14.1. The number of hydrogen-bond donors (Lipinski definition) is 4. The number of aromatic amines is 1. The number of nitrogens with zero attached hydrogens (tertiary/aromatic N) is 2. The minimum absolute atomic E-state index is 0.0291. The quantitative estimate of drug-likeness (QED) is 0.211. The van der Waals surface area contributed by atoms with Crippen LogP contribution in [-0.4, -0.2) is 56.1 Å². The van der Waals surface area contributed by atoms with E-state index >= 15 is 0 Å². The lowest BCUT2D eigenvalue weighted by Gasteiger charge is -2.13. The monoisotopic (exact) mass is 668 g/mol. The molecule has 0 fully saturated rings. The van der Waals surface area contributed by atoms with E-state index in [9.17, 15) is 22.8 Å². The van der Waals surface area contributed by atoms with E-state index in [0.717, 1.165) is 33.0 Å². The van der Waals surface area contributed by atoms with Crippen LogP contribution in [0.2, 0.25) is 0 Å². The maximum Gasteiger partial charge on any atom is 0.333 e. The molecule has 200 valence electrons. The third-order valence-electron chi connectivity index (χ3n) is 5.44. The Bertz CT molecular complexity index is 1740. The zero-order valence-corrected chi connectivity index (χ0v) is 24.5. The van der Waals surface area contributed by atoms with E-state index in [2.05, 4.69) is 15.6 Å². The standard InChI is InChI=1S/C24H25IN6O5S2/c1-14-4-9-21(37-14)38(35,36)29-23(33)27-16-6-8-20(18(25)12-16)31-22(32)17-7-5-15(26-10-11-30(2)3)13-19(17)28-24(31)34/h4-9,12-13,26H,10-11H2,1-3H3,(H,28,34)(H2,27,29,33). The highest BCUT2D eigenvalue weighted by atomic mass is 127. The Labute approximate surface area is 236 Å². The second kappa shape index (κ2) is 11.3. The van der Waals surface area contributed by atoms with Gasteiger partial charge in [-0.25, -0.2) is 27.3 Å². The second-order valence-corrected chi connectivity index (χ2v) is 13.0. The molecular formula is C24H25IN6O5S2. The van der Waals surface area contributed by atoms with Crippen molar-refractivity contribution < 1.29 is 13.2 Å². The molecule has 2 aromatic carbocycles. The Hall–Kier alpha value is -3.21. The van der Waals surface area contributed by atoms with Gasteiger partial charge in [-0.15, -0.1) is 11.3 Å². The van der Waals surface area contributed by atoms with E-state index in [1.807, 2.05) is 46.3 Å². The summed E-state index contributed by atoms with van der Waals surface area (Å²) in [5, 5.41) is 6.07. The Morgan fingerprint density at radius 3 is 2.47 bits per heavy atom. The summed E-state index contributed by atoms with van der Waals surface area (Å²) in [6.45, 7) is 3.29. The molecule has 11 nitrogen and oxygen atoms in total. The third-order valence-corrected chi connectivity index (χ3v) is 9.13. The summed E-state index contributed by atoms with van der Waals surface area (Å²) in [6, 6.07) is 11.8. The number of urea groups is 1. The number of nitrogens with one attached hydrogen (secondary N) is 4. The maximum atomic E-state index is 13.2. The van der Waals surface area contributed by atoms with Crippen molar-refractivity contribution >= 4 is 72.3 Å². The van der Waals surface area contributed by atoms with Crippen LogP contribution in [0.5, 0.6) is 0 Å². The molecule has 0 atom stereocenters. The van der Waals surface area contributed by atoms with Gasteiger partial charge in [-0.1, -0.05) is 0 Å². The number of hydrogen-bond acceptors (Lipinski definition) is 8. The fraction of sp³-hybridized carbons (Fsp3) is 0.208. The van der Waals surface area contributed by atoms with Gasteiger partial charge in [0.25, 0.3) is 15.6 Å². The number of carbonyl (C=O) groups excluding carboxylic acids is 1. The zero-order valence-electron chi connectivity index (χ0n) is 20.7. The van der Waals surface area contributed by atoms with Crippen molar-refractivity contribution in [3.63, 3.8) is 0 Å². The van der Waals surface area contributed by atoms with E-state index in [4.69, 9.17) is 0 Å². The van der Waals surface area contributed by atoms with Crippen molar-refractivity contribution in [3.8, 4) is 5.69 Å². The average Bonchev–Trinajstić information content (AvgIpc) is 3.27. The molecule has 0 saturated carbocycles. The van der Waals surface area contributed by atoms with E-state index in [-0.39, 0.29) is 9.90 Å². The van der Waals surface area contributed by atoms with Crippen LogP contribution in [0, 0.1) is 10.5 Å². The van der Waals surface area contributed by atoms with Crippen molar-refractivity contribution in [2.24, 2.45) is 0 Å². The van der Waals surface area contributed by atoms with Gasteiger partial charge in [0.05, 0.1) is 16.6 Å². The number of anilines is 2. The summed E-state index contributed by atoms with van der Waals surface area (Å²) in [7, 11) is -0.0663. The summed E-state index contributed by atoms with van der Waals surface area (Å²) < 4.78 is 28.3. The summed E-state index contributed by atoms with van der Waals surface area (Å²) >= 11 is 3.00. The largest absolute Gasteiger partial charge is 0.384 e. The van der Waals surface area contributed by atoms with Crippen LogP contribution in [0.15, 0.2) is 62.3 Å². The minimum Gasteiger partial charge on any atom is -0.384 e. The van der Waals surface area contributed by atoms with Gasteiger partial charge in [0.2, 0.25) is 0 Å². The fourth-order valence-electron chi connectivity index (χ4n) is 3.62. The number of aromatic nitrogens is 2. The lowest BCUT2D eigenvalue weighted by atomic mass is 10.2. The average molecular weight is 669 g/mol. The zero-order chi connectivity index (χ0) is 27.6. The smallest absolute Gasteiger partial charge is 0.333 e. The second-order valence-electron chi connectivity index (χ2n) is 8.65. The molecule has 2 amide bonds. The Morgan fingerprint density at radius 2 is 1.82 bits per heavy atom. The molecule has 38 heavy (non-hydrogen) atoms. The van der Waals surface area contributed by atoms with Crippen molar-refractivity contribution in [2.45, 2.75) is 11.1 Å². The van der Waals surface area contributed by atoms with Gasteiger partial charge in [-0.05, 0) is 92.1 Å². The summed E-state index contributed by atoms with van der Waals surface area (Å²) in [5.74, 6) is 0. The van der Waals surface area contributed by atoms with Crippen molar-refractivity contribution in [1.29, 1.82) is 0 Å². The van der Waals surface area contributed by atoms with Gasteiger partial charge in [-0.3, -0.25) is 4.79 Å². The number of rotatable bonds is 8. The molecule has 0 spiro atoms. The number of H-pyrrole nitrogens is 1. The van der Waals surface area contributed by atoms with Crippen LogP contribution < -0.4 is 26.6 Å². The third kappa shape index (κ3) is 6.25. The molecule has 0 unspecified atom stereocenters. The number of fused-ring (bicyclic) bond motifs is 1. The lowest BCUT2D eigenvalue weighted by molar-refractivity contribution is 0.256. The molecule has 0 bridgehead atoms. The Kier molecular flexibility index (Phi) is 8.25. The van der Waals surface area contributed by atoms with Gasteiger partial charge in [0.1, 0.15) is 4.21 Å². The number of halogens is 1. The van der Waals surface area contributed by atoms with E-state index in [0.29, 0.717) is 26.7 Å². The van der Waals surface area contributed by atoms with Crippen molar-refractivity contribution in [3.05, 3.63) is 77.8 Å². The molecular weight excluding hydrogens is 643 g/mol. The number of benzene rings is 2. The topological polar surface area (TPSA) is 145 Å². The Morgan fingerprint density at radius 1 is 1.08 bits per heavy atom. The van der Waals surface area contributed by atoms with Gasteiger partial charge >= 0.3 is 11.7 Å². The van der Waals surface area contributed by atoms with Crippen LogP contribution in [0.4, 0.5) is 16.2 Å².